The minimum atomic E-state index is -1.41. The van der Waals surface area contributed by atoms with Crippen LogP contribution >= 0.6 is 0 Å². The molecular formula is C14H24N2O6. The molecule has 0 radical (unpaired) electrons. The van der Waals surface area contributed by atoms with E-state index in [9.17, 15) is 19.5 Å². The number of amides is 2. The summed E-state index contributed by atoms with van der Waals surface area (Å²) < 4.78 is 9.73. The van der Waals surface area contributed by atoms with Crippen molar-refractivity contribution in [1.82, 2.24) is 10.2 Å². The third-order valence-electron chi connectivity index (χ3n) is 3.41. The molecule has 0 unspecified atom stereocenters. The average Bonchev–Trinajstić information content (AvgIpc) is 2.87. The predicted molar refractivity (Wildman–Crippen MR) is 77.0 cm³/mol. The first kappa shape index (κ1) is 18.2. The van der Waals surface area contributed by atoms with Crippen molar-refractivity contribution in [3.8, 4) is 0 Å². The van der Waals surface area contributed by atoms with Crippen LogP contribution in [0, 0.1) is 0 Å². The Labute approximate surface area is 129 Å². The van der Waals surface area contributed by atoms with E-state index in [-0.39, 0.29) is 6.54 Å². The van der Waals surface area contributed by atoms with Crippen molar-refractivity contribution in [1.29, 1.82) is 0 Å². The lowest BCUT2D eigenvalue weighted by Gasteiger charge is -2.36. The molecule has 0 spiro atoms. The van der Waals surface area contributed by atoms with Gasteiger partial charge in [0.15, 0.2) is 0 Å². The van der Waals surface area contributed by atoms with E-state index in [2.05, 4.69) is 10.1 Å². The van der Waals surface area contributed by atoms with Crippen LogP contribution in [0.25, 0.3) is 0 Å². The highest BCUT2D eigenvalue weighted by Crippen LogP contribution is 2.31. The lowest BCUT2D eigenvalue weighted by Crippen LogP contribution is -2.60. The van der Waals surface area contributed by atoms with Gasteiger partial charge in [0.1, 0.15) is 17.7 Å². The summed E-state index contributed by atoms with van der Waals surface area (Å²) in [5.74, 6) is -1.20. The van der Waals surface area contributed by atoms with Gasteiger partial charge >= 0.3 is 12.1 Å². The van der Waals surface area contributed by atoms with Crippen LogP contribution in [0.2, 0.25) is 0 Å². The first-order valence-corrected chi connectivity index (χ1v) is 7.13. The molecule has 0 bridgehead atoms. The maximum absolute atomic E-state index is 12.4. The maximum atomic E-state index is 12.4. The van der Waals surface area contributed by atoms with Crippen LogP contribution in [0.1, 0.15) is 33.6 Å². The number of likely N-dealkylation sites (tertiary alicyclic amines) is 1. The molecule has 0 aromatic rings. The lowest BCUT2D eigenvalue weighted by molar-refractivity contribution is -0.143. The number of nitrogens with one attached hydrogen (secondary N) is 1. The first-order valence-electron chi connectivity index (χ1n) is 7.13. The normalized spacial score (nSPS) is 21.4. The second-order valence-corrected chi connectivity index (χ2v) is 6.18. The Morgan fingerprint density at radius 3 is 2.45 bits per heavy atom. The van der Waals surface area contributed by atoms with Crippen LogP contribution in [0.4, 0.5) is 4.79 Å². The molecule has 1 atom stereocenters. The van der Waals surface area contributed by atoms with Gasteiger partial charge in [-0.25, -0.2) is 4.79 Å². The number of aliphatic hydroxyl groups excluding tert-OH is 1. The molecule has 1 rings (SSSR count). The van der Waals surface area contributed by atoms with Gasteiger partial charge in [-0.1, -0.05) is 0 Å². The standard InChI is InChI=1S/C14H24N2O6/c1-13(2,3)22-12(20)16-7-5-6-14(16,9-17)11(19)15-8-10(18)21-4/h17H,5-9H2,1-4H3,(H,15,19)/t14-/m1/s1. The van der Waals surface area contributed by atoms with E-state index in [0.717, 1.165) is 0 Å². The van der Waals surface area contributed by atoms with Gasteiger partial charge in [-0.2, -0.15) is 0 Å². The third-order valence-corrected chi connectivity index (χ3v) is 3.41. The molecule has 1 aliphatic heterocycles. The molecular weight excluding hydrogens is 292 g/mol. The van der Waals surface area contributed by atoms with Crippen LogP contribution in [0.15, 0.2) is 0 Å². The van der Waals surface area contributed by atoms with Crippen molar-refractivity contribution in [2.75, 3.05) is 26.8 Å². The van der Waals surface area contributed by atoms with Gasteiger partial charge < -0.3 is 19.9 Å². The molecule has 22 heavy (non-hydrogen) atoms. The van der Waals surface area contributed by atoms with Crippen molar-refractivity contribution >= 4 is 18.0 Å². The second kappa shape index (κ2) is 6.95. The summed E-state index contributed by atoms with van der Waals surface area (Å²) in [5.41, 5.74) is -2.11. The zero-order valence-corrected chi connectivity index (χ0v) is 13.5. The number of hydrogen-bond donors (Lipinski definition) is 2. The third kappa shape index (κ3) is 4.09. The largest absolute Gasteiger partial charge is 0.468 e. The number of nitrogens with zero attached hydrogens (tertiary/aromatic N) is 1. The van der Waals surface area contributed by atoms with Gasteiger partial charge in [0.2, 0.25) is 5.91 Å². The fourth-order valence-electron chi connectivity index (χ4n) is 2.32. The summed E-state index contributed by atoms with van der Waals surface area (Å²) >= 11 is 0. The molecule has 2 amide bonds. The van der Waals surface area contributed by atoms with E-state index in [1.54, 1.807) is 20.8 Å². The Balaban J connectivity index is 2.87. The van der Waals surface area contributed by atoms with Gasteiger partial charge in [-0.3, -0.25) is 14.5 Å². The molecule has 0 saturated carbocycles. The Morgan fingerprint density at radius 2 is 1.95 bits per heavy atom. The summed E-state index contributed by atoms with van der Waals surface area (Å²) in [6.45, 7) is 4.61. The Hall–Kier alpha value is -1.83. The number of ether oxygens (including phenoxy) is 2. The molecule has 1 aliphatic rings. The highest BCUT2D eigenvalue weighted by molar-refractivity contribution is 5.92. The molecule has 0 aromatic carbocycles. The van der Waals surface area contributed by atoms with Crippen LogP contribution < -0.4 is 5.32 Å². The Bertz CT molecular complexity index is 445. The van der Waals surface area contributed by atoms with E-state index in [1.807, 2.05) is 0 Å². The van der Waals surface area contributed by atoms with Crippen molar-refractivity contribution in [2.45, 2.75) is 44.8 Å². The van der Waals surface area contributed by atoms with Gasteiger partial charge in [-0.05, 0) is 33.6 Å². The zero-order chi connectivity index (χ0) is 17.0. The molecule has 2 N–H and O–H groups in total. The smallest absolute Gasteiger partial charge is 0.411 e. The van der Waals surface area contributed by atoms with Gasteiger partial charge in [0.25, 0.3) is 0 Å². The molecule has 0 aromatic heterocycles. The number of esters is 1. The minimum Gasteiger partial charge on any atom is -0.468 e. The predicted octanol–water partition coefficient (Wildman–Crippen LogP) is 0.0376. The summed E-state index contributed by atoms with van der Waals surface area (Å²) in [6, 6.07) is 0. The number of aliphatic hydroxyl groups is 1. The zero-order valence-electron chi connectivity index (χ0n) is 13.5. The highest BCUT2D eigenvalue weighted by atomic mass is 16.6. The van der Waals surface area contributed by atoms with Crippen LogP contribution in [-0.4, -0.2) is 65.9 Å². The molecule has 8 heteroatoms. The van der Waals surface area contributed by atoms with Crippen molar-refractivity contribution < 1.29 is 29.0 Å². The molecule has 1 fully saturated rings. The number of hydrogen-bond acceptors (Lipinski definition) is 6. The topological polar surface area (TPSA) is 105 Å². The number of carbonyl (C=O) groups excluding carboxylic acids is 3. The van der Waals surface area contributed by atoms with Crippen LogP contribution in [0.3, 0.4) is 0 Å². The average molecular weight is 316 g/mol. The lowest BCUT2D eigenvalue weighted by atomic mass is 9.96. The molecule has 8 nitrogen and oxygen atoms in total. The van der Waals surface area contributed by atoms with Gasteiger partial charge in [0, 0.05) is 6.54 Å². The minimum absolute atomic E-state index is 0.301. The molecule has 0 aliphatic carbocycles. The van der Waals surface area contributed by atoms with E-state index >= 15 is 0 Å². The SMILES string of the molecule is COC(=O)CNC(=O)[C@]1(CO)CCCN1C(=O)OC(C)(C)C. The van der Waals surface area contributed by atoms with E-state index < -0.39 is 35.7 Å². The van der Waals surface area contributed by atoms with Crippen molar-refractivity contribution in [3.05, 3.63) is 0 Å². The van der Waals surface area contributed by atoms with Crippen molar-refractivity contribution in [3.63, 3.8) is 0 Å². The van der Waals surface area contributed by atoms with E-state index in [1.165, 1.54) is 12.0 Å². The van der Waals surface area contributed by atoms with Crippen LogP contribution in [-0.2, 0) is 19.1 Å². The fourth-order valence-corrected chi connectivity index (χ4v) is 2.32. The Morgan fingerprint density at radius 1 is 1.32 bits per heavy atom. The van der Waals surface area contributed by atoms with Crippen molar-refractivity contribution in [2.24, 2.45) is 0 Å². The quantitative estimate of drug-likeness (QED) is 0.709. The Kier molecular flexibility index (Phi) is 5.76. The van der Waals surface area contributed by atoms with Crippen LogP contribution in [0.5, 0.6) is 0 Å². The molecule has 126 valence electrons. The number of rotatable bonds is 4. The number of methoxy groups -OCH3 is 1. The van der Waals surface area contributed by atoms with Gasteiger partial charge in [0.05, 0.1) is 13.7 Å². The van der Waals surface area contributed by atoms with Gasteiger partial charge in [-0.15, -0.1) is 0 Å². The summed E-state index contributed by atoms with van der Waals surface area (Å²) in [7, 11) is 1.21. The highest BCUT2D eigenvalue weighted by Gasteiger charge is 2.50. The summed E-state index contributed by atoms with van der Waals surface area (Å²) in [5, 5.41) is 12.1. The monoisotopic (exact) mass is 316 g/mol. The first-order chi connectivity index (χ1) is 10.2. The van der Waals surface area contributed by atoms with E-state index in [4.69, 9.17) is 4.74 Å². The number of carbonyl (C=O) groups is 3. The molecule has 1 saturated heterocycles. The summed E-state index contributed by atoms with van der Waals surface area (Å²) in [4.78, 5) is 37.0. The maximum Gasteiger partial charge on any atom is 0.411 e. The van der Waals surface area contributed by atoms with E-state index in [0.29, 0.717) is 19.4 Å². The summed E-state index contributed by atoms with van der Waals surface area (Å²) in [6.07, 6.45) is 0.202. The molecule has 1 heterocycles. The fraction of sp³-hybridized carbons (Fsp3) is 0.786. The second-order valence-electron chi connectivity index (χ2n) is 6.18.